The lowest BCUT2D eigenvalue weighted by atomic mass is 10.2. The van der Waals surface area contributed by atoms with E-state index >= 15 is 0 Å². The van der Waals surface area contributed by atoms with Gasteiger partial charge in [-0.3, -0.25) is 4.79 Å². The summed E-state index contributed by atoms with van der Waals surface area (Å²) in [7, 11) is 0. The molecule has 20 heavy (non-hydrogen) atoms. The summed E-state index contributed by atoms with van der Waals surface area (Å²) in [5.41, 5.74) is 6.57. The van der Waals surface area contributed by atoms with Gasteiger partial charge in [0.2, 0.25) is 5.56 Å². The maximum atomic E-state index is 11.0. The van der Waals surface area contributed by atoms with E-state index in [1.54, 1.807) is 6.07 Å². The standard InChI is InChI=1S/C13H19N5O2/c1-3-18(4-2)8-10(14)12-16-13(20-17-12)9-5-6-11(19)15-7-9/h5-7,10H,3-4,8,14H2,1-2H3,(H,15,19). The molecule has 0 fully saturated rings. The van der Waals surface area contributed by atoms with Gasteiger partial charge in [0.15, 0.2) is 5.82 Å². The molecule has 108 valence electrons. The Hall–Kier alpha value is -1.99. The molecule has 0 radical (unpaired) electrons. The highest BCUT2D eigenvalue weighted by atomic mass is 16.5. The Morgan fingerprint density at radius 1 is 1.40 bits per heavy atom. The fourth-order valence-electron chi connectivity index (χ4n) is 1.89. The molecule has 1 atom stereocenters. The predicted molar refractivity (Wildman–Crippen MR) is 75.1 cm³/mol. The molecule has 0 aliphatic rings. The summed E-state index contributed by atoms with van der Waals surface area (Å²) in [5.74, 6) is 0.823. The van der Waals surface area contributed by atoms with Gasteiger partial charge >= 0.3 is 0 Å². The normalized spacial score (nSPS) is 12.8. The molecule has 0 aliphatic carbocycles. The van der Waals surface area contributed by atoms with Crippen molar-refractivity contribution in [2.45, 2.75) is 19.9 Å². The van der Waals surface area contributed by atoms with E-state index in [0.717, 1.165) is 13.1 Å². The van der Waals surface area contributed by atoms with E-state index in [1.165, 1.54) is 12.3 Å². The number of hydrogen-bond acceptors (Lipinski definition) is 6. The Balaban J connectivity index is 2.12. The first-order valence-electron chi connectivity index (χ1n) is 6.64. The van der Waals surface area contributed by atoms with Crippen molar-refractivity contribution in [1.29, 1.82) is 0 Å². The molecule has 1 unspecified atom stereocenters. The topological polar surface area (TPSA) is 101 Å². The highest BCUT2D eigenvalue weighted by molar-refractivity contribution is 5.50. The van der Waals surface area contributed by atoms with Crippen molar-refractivity contribution in [2.24, 2.45) is 5.73 Å². The number of nitrogens with one attached hydrogen (secondary N) is 1. The Bertz CT molecular complexity index is 582. The molecular weight excluding hydrogens is 258 g/mol. The number of H-pyrrole nitrogens is 1. The zero-order valence-corrected chi connectivity index (χ0v) is 11.7. The Labute approximate surface area is 116 Å². The third-order valence-electron chi connectivity index (χ3n) is 3.15. The average molecular weight is 277 g/mol. The van der Waals surface area contributed by atoms with E-state index in [0.29, 0.717) is 23.8 Å². The van der Waals surface area contributed by atoms with Crippen LogP contribution in [0.15, 0.2) is 27.6 Å². The fraction of sp³-hybridized carbons (Fsp3) is 0.462. The van der Waals surface area contributed by atoms with E-state index in [4.69, 9.17) is 10.3 Å². The maximum absolute atomic E-state index is 11.0. The lowest BCUT2D eigenvalue weighted by Crippen LogP contribution is -2.32. The first kappa shape index (κ1) is 14.4. The molecule has 7 nitrogen and oxygen atoms in total. The minimum absolute atomic E-state index is 0.174. The van der Waals surface area contributed by atoms with Gasteiger partial charge in [-0.15, -0.1) is 0 Å². The van der Waals surface area contributed by atoms with Crippen LogP contribution >= 0.6 is 0 Å². The first-order chi connectivity index (χ1) is 9.63. The number of nitrogens with zero attached hydrogens (tertiary/aromatic N) is 3. The average Bonchev–Trinajstić information content (AvgIpc) is 2.95. The summed E-state index contributed by atoms with van der Waals surface area (Å²) in [4.78, 5) is 20.0. The van der Waals surface area contributed by atoms with Crippen LogP contribution in [0.5, 0.6) is 0 Å². The molecule has 0 saturated carbocycles. The van der Waals surface area contributed by atoms with Crippen LogP contribution in [0.4, 0.5) is 0 Å². The highest BCUT2D eigenvalue weighted by Gasteiger charge is 2.17. The number of rotatable bonds is 6. The number of aromatic nitrogens is 3. The van der Waals surface area contributed by atoms with Gasteiger partial charge in [0.25, 0.3) is 5.89 Å². The fourth-order valence-corrected chi connectivity index (χ4v) is 1.89. The molecule has 0 saturated heterocycles. The molecule has 2 aromatic rings. The quantitative estimate of drug-likeness (QED) is 0.808. The van der Waals surface area contributed by atoms with Crippen LogP contribution in [-0.4, -0.2) is 39.7 Å². The monoisotopic (exact) mass is 277 g/mol. The third-order valence-corrected chi connectivity index (χ3v) is 3.15. The van der Waals surface area contributed by atoms with Crippen molar-refractivity contribution < 1.29 is 4.52 Å². The predicted octanol–water partition coefficient (Wildman–Crippen LogP) is 0.766. The lowest BCUT2D eigenvalue weighted by molar-refractivity contribution is 0.278. The van der Waals surface area contributed by atoms with Gasteiger partial charge in [-0.05, 0) is 19.2 Å². The van der Waals surface area contributed by atoms with Crippen LogP contribution in [0.1, 0.15) is 25.7 Å². The van der Waals surface area contributed by atoms with Crippen LogP contribution in [0.3, 0.4) is 0 Å². The van der Waals surface area contributed by atoms with Gasteiger partial charge < -0.3 is 20.1 Å². The van der Waals surface area contributed by atoms with Crippen LogP contribution in [0.2, 0.25) is 0 Å². The molecular formula is C13H19N5O2. The van der Waals surface area contributed by atoms with E-state index in [9.17, 15) is 4.79 Å². The second kappa shape index (κ2) is 6.44. The minimum Gasteiger partial charge on any atom is -0.334 e. The van der Waals surface area contributed by atoms with Gasteiger partial charge in [0.1, 0.15) is 0 Å². The van der Waals surface area contributed by atoms with Crippen molar-refractivity contribution >= 4 is 0 Å². The smallest absolute Gasteiger partial charge is 0.259 e. The number of nitrogens with two attached hydrogens (primary N) is 1. The molecule has 2 heterocycles. The molecule has 0 amide bonds. The maximum Gasteiger partial charge on any atom is 0.259 e. The van der Waals surface area contributed by atoms with Crippen LogP contribution < -0.4 is 11.3 Å². The molecule has 2 aromatic heterocycles. The highest BCUT2D eigenvalue weighted by Crippen LogP contribution is 2.17. The van der Waals surface area contributed by atoms with Gasteiger partial charge in [-0.2, -0.15) is 4.98 Å². The van der Waals surface area contributed by atoms with Crippen molar-refractivity contribution in [3.63, 3.8) is 0 Å². The third kappa shape index (κ3) is 3.31. The molecule has 0 bridgehead atoms. The summed E-state index contributed by atoms with van der Waals surface area (Å²) in [6.45, 7) is 6.69. The SMILES string of the molecule is CCN(CC)CC(N)c1noc(-c2ccc(=O)[nH]c2)n1. The Kier molecular flexibility index (Phi) is 4.65. The van der Waals surface area contributed by atoms with Gasteiger partial charge in [-0.25, -0.2) is 0 Å². The van der Waals surface area contributed by atoms with Crippen molar-refractivity contribution in [3.8, 4) is 11.5 Å². The van der Waals surface area contributed by atoms with E-state index < -0.39 is 0 Å². The number of pyridine rings is 1. The number of aromatic amines is 1. The second-order valence-corrected chi connectivity index (χ2v) is 4.49. The van der Waals surface area contributed by atoms with Gasteiger partial charge in [0.05, 0.1) is 11.6 Å². The second-order valence-electron chi connectivity index (χ2n) is 4.49. The van der Waals surface area contributed by atoms with E-state index in [-0.39, 0.29) is 11.6 Å². The van der Waals surface area contributed by atoms with Crippen LogP contribution in [0, 0.1) is 0 Å². The van der Waals surface area contributed by atoms with Crippen LogP contribution in [0.25, 0.3) is 11.5 Å². The van der Waals surface area contributed by atoms with Crippen molar-refractivity contribution in [3.05, 3.63) is 34.5 Å². The molecule has 7 heteroatoms. The molecule has 3 N–H and O–H groups in total. The Morgan fingerprint density at radius 2 is 2.15 bits per heavy atom. The van der Waals surface area contributed by atoms with Crippen LogP contribution in [-0.2, 0) is 0 Å². The van der Waals surface area contributed by atoms with Gasteiger partial charge in [-0.1, -0.05) is 19.0 Å². The molecule has 2 rings (SSSR count). The summed E-state index contributed by atoms with van der Waals surface area (Å²) >= 11 is 0. The lowest BCUT2D eigenvalue weighted by Gasteiger charge is -2.20. The largest absolute Gasteiger partial charge is 0.334 e. The van der Waals surface area contributed by atoms with E-state index in [1.807, 2.05) is 0 Å². The number of hydrogen-bond donors (Lipinski definition) is 2. The molecule has 0 aliphatic heterocycles. The number of likely N-dealkylation sites (N-methyl/N-ethyl adjacent to an activating group) is 1. The Morgan fingerprint density at radius 3 is 2.75 bits per heavy atom. The summed E-state index contributed by atoms with van der Waals surface area (Å²) in [6.07, 6.45) is 1.54. The zero-order valence-electron chi connectivity index (χ0n) is 11.7. The summed E-state index contributed by atoms with van der Waals surface area (Å²) < 4.78 is 5.18. The van der Waals surface area contributed by atoms with E-state index in [2.05, 4.69) is 33.9 Å². The summed E-state index contributed by atoms with van der Waals surface area (Å²) in [5, 5.41) is 3.91. The van der Waals surface area contributed by atoms with Gasteiger partial charge in [0, 0.05) is 18.8 Å². The minimum atomic E-state index is -0.296. The first-order valence-corrected chi connectivity index (χ1v) is 6.64. The molecule has 0 spiro atoms. The summed E-state index contributed by atoms with van der Waals surface area (Å²) in [6, 6.07) is 2.75. The van der Waals surface area contributed by atoms with Crippen molar-refractivity contribution in [2.75, 3.05) is 19.6 Å². The van der Waals surface area contributed by atoms with Crippen molar-refractivity contribution in [1.82, 2.24) is 20.0 Å². The zero-order chi connectivity index (χ0) is 14.5. The molecule has 0 aromatic carbocycles.